The van der Waals surface area contributed by atoms with Crippen LogP contribution in [0.5, 0.6) is 0 Å². The maximum Gasteiger partial charge on any atom is 0.407 e. The molecule has 7 nitrogen and oxygen atoms in total. The van der Waals surface area contributed by atoms with Gasteiger partial charge < -0.3 is 19.7 Å². The van der Waals surface area contributed by atoms with E-state index in [9.17, 15) is 9.59 Å². The smallest absolute Gasteiger partial charge is 0.407 e. The molecule has 0 bridgehead atoms. The lowest BCUT2D eigenvalue weighted by Gasteiger charge is -2.36. The molecule has 1 aromatic heterocycles. The molecule has 1 aromatic carbocycles. The van der Waals surface area contributed by atoms with E-state index in [-0.39, 0.29) is 6.04 Å². The predicted octanol–water partition coefficient (Wildman–Crippen LogP) is 4.65. The van der Waals surface area contributed by atoms with Crippen molar-refractivity contribution in [1.82, 2.24) is 10.3 Å². The number of alkyl carbamates (subject to hydrolysis) is 1. The number of nitrogens with one attached hydrogen (secondary N) is 1. The van der Waals surface area contributed by atoms with Crippen LogP contribution in [0.2, 0.25) is 0 Å². The molecule has 3 rings (SSSR count). The van der Waals surface area contributed by atoms with Gasteiger partial charge in [-0.3, -0.25) is 4.98 Å². The third kappa shape index (κ3) is 5.78. The van der Waals surface area contributed by atoms with Crippen LogP contribution in [0.1, 0.15) is 55.1 Å². The SMILES string of the molecule is COC(=O)c1cncc(-c2cc(C)cc(C)c2)c1N1CCC(NC(=O)OC(C)(C)C)CC1. The lowest BCUT2D eigenvalue weighted by Crippen LogP contribution is -2.46. The first-order chi connectivity index (χ1) is 15.1. The molecule has 0 unspecified atom stereocenters. The van der Waals surface area contributed by atoms with Crippen molar-refractivity contribution < 1.29 is 19.1 Å². The topological polar surface area (TPSA) is 80.8 Å². The maximum atomic E-state index is 12.6. The van der Waals surface area contributed by atoms with Crippen LogP contribution >= 0.6 is 0 Å². The lowest BCUT2D eigenvalue weighted by atomic mass is 9.96. The highest BCUT2D eigenvalue weighted by Gasteiger charge is 2.28. The standard InChI is InChI=1S/C25H33N3O4/c1-16-11-17(2)13-18(12-16)20-14-26-15-21(23(29)31-6)22(20)28-9-7-19(8-10-28)27-24(30)32-25(3,4)5/h11-15,19H,7-10H2,1-6H3,(H,27,30). The van der Waals surface area contributed by atoms with Gasteiger partial charge in [0.1, 0.15) is 11.2 Å². The number of nitrogens with zero attached hydrogens (tertiary/aromatic N) is 2. The normalized spacial score (nSPS) is 14.8. The molecule has 0 saturated carbocycles. The minimum absolute atomic E-state index is 0.0224. The van der Waals surface area contributed by atoms with Gasteiger partial charge in [0.2, 0.25) is 0 Å². The molecule has 1 aliphatic rings. The number of aromatic nitrogens is 1. The first-order valence-corrected chi connectivity index (χ1v) is 11.0. The van der Waals surface area contributed by atoms with Gasteiger partial charge in [-0.1, -0.05) is 29.3 Å². The minimum atomic E-state index is -0.530. The van der Waals surface area contributed by atoms with E-state index in [1.54, 1.807) is 12.4 Å². The molecule has 7 heteroatoms. The second kappa shape index (κ2) is 9.59. The Bertz CT molecular complexity index is 969. The van der Waals surface area contributed by atoms with Crippen LogP contribution in [0.4, 0.5) is 10.5 Å². The summed E-state index contributed by atoms with van der Waals surface area (Å²) in [6, 6.07) is 6.35. The first-order valence-electron chi connectivity index (χ1n) is 11.0. The fourth-order valence-electron chi connectivity index (χ4n) is 4.12. The van der Waals surface area contributed by atoms with Gasteiger partial charge in [0.25, 0.3) is 0 Å². The van der Waals surface area contributed by atoms with Crippen molar-refractivity contribution in [2.24, 2.45) is 0 Å². The molecular formula is C25H33N3O4. The molecule has 0 spiro atoms. The van der Waals surface area contributed by atoms with Crippen molar-refractivity contribution >= 4 is 17.7 Å². The molecule has 1 aliphatic heterocycles. The summed E-state index contributed by atoms with van der Waals surface area (Å²) >= 11 is 0. The number of ether oxygens (including phenoxy) is 2. The maximum absolute atomic E-state index is 12.6. The van der Waals surface area contributed by atoms with E-state index < -0.39 is 17.7 Å². The largest absolute Gasteiger partial charge is 0.465 e. The molecule has 0 radical (unpaired) electrons. The molecule has 0 aliphatic carbocycles. The summed E-state index contributed by atoms with van der Waals surface area (Å²) in [7, 11) is 1.38. The van der Waals surface area contributed by atoms with E-state index in [0.717, 1.165) is 40.8 Å². The van der Waals surface area contributed by atoms with Crippen molar-refractivity contribution in [3.63, 3.8) is 0 Å². The van der Waals surface area contributed by atoms with E-state index in [2.05, 4.69) is 47.2 Å². The number of carbonyl (C=O) groups is 2. The molecular weight excluding hydrogens is 406 g/mol. The minimum Gasteiger partial charge on any atom is -0.465 e. The Balaban J connectivity index is 1.87. The van der Waals surface area contributed by atoms with Crippen molar-refractivity contribution in [2.45, 2.75) is 59.1 Å². The van der Waals surface area contributed by atoms with Gasteiger partial charge in [-0.25, -0.2) is 9.59 Å². The molecule has 0 atom stereocenters. The van der Waals surface area contributed by atoms with Crippen molar-refractivity contribution in [3.05, 3.63) is 47.3 Å². The first kappa shape index (κ1) is 23.6. The van der Waals surface area contributed by atoms with Gasteiger partial charge in [0.15, 0.2) is 0 Å². The average Bonchev–Trinajstić information content (AvgIpc) is 2.71. The van der Waals surface area contributed by atoms with Crippen molar-refractivity contribution in [1.29, 1.82) is 0 Å². The Morgan fingerprint density at radius 3 is 2.25 bits per heavy atom. The van der Waals surface area contributed by atoms with Crippen LogP contribution in [0, 0.1) is 13.8 Å². The average molecular weight is 440 g/mol. The molecule has 32 heavy (non-hydrogen) atoms. The third-order valence-corrected chi connectivity index (χ3v) is 5.39. The second-order valence-corrected chi connectivity index (χ2v) is 9.36. The lowest BCUT2D eigenvalue weighted by molar-refractivity contribution is 0.0496. The summed E-state index contributed by atoms with van der Waals surface area (Å²) in [6.07, 6.45) is 4.47. The number of rotatable bonds is 4. The zero-order valence-corrected chi connectivity index (χ0v) is 19.8. The number of esters is 1. The number of amides is 1. The summed E-state index contributed by atoms with van der Waals surface area (Å²) in [5, 5.41) is 2.97. The number of anilines is 1. The van der Waals surface area contributed by atoms with Gasteiger partial charge in [0.05, 0.1) is 12.8 Å². The van der Waals surface area contributed by atoms with E-state index in [1.807, 2.05) is 20.8 Å². The van der Waals surface area contributed by atoms with Gasteiger partial charge in [-0.05, 0) is 53.0 Å². The number of carbonyl (C=O) groups excluding carboxylic acids is 2. The molecule has 1 N–H and O–H groups in total. The van der Waals surface area contributed by atoms with Crippen LogP contribution < -0.4 is 10.2 Å². The number of pyridine rings is 1. The van der Waals surface area contributed by atoms with Crippen molar-refractivity contribution in [2.75, 3.05) is 25.1 Å². The Kier molecular flexibility index (Phi) is 7.06. The quantitative estimate of drug-likeness (QED) is 0.699. The van der Waals surface area contributed by atoms with Gasteiger partial charge >= 0.3 is 12.1 Å². The number of hydrogen-bond donors (Lipinski definition) is 1. The molecule has 2 heterocycles. The highest BCUT2D eigenvalue weighted by molar-refractivity contribution is 6.00. The Hall–Kier alpha value is -3.09. The van der Waals surface area contributed by atoms with Crippen LogP contribution in [0.3, 0.4) is 0 Å². The van der Waals surface area contributed by atoms with Gasteiger partial charge in [0, 0.05) is 37.1 Å². The summed E-state index contributed by atoms with van der Waals surface area (Å²) in [5.74, 6) is -0.410. The Labute approximate surface area is 190 Å². The fraction of sp³-hybridized carbons (Fsp3) is 0.480. The summed E-state index contributed by atoms with van der Waals surface area (Å²) in [5.41, 5.74) is 4.96. The van der Waals surface area contributed by atoms with E-state index in [0.29, 0.717) is 18.7 Å². The van der Waals surface area contributed by atoms with Crippen LogP contribution in [-0.4, -0.2) is 48.9 Å². The summed E-state index contributed by atoms with van der Waals surface area (Å²) in [6.45, 7) is 11.0. The molecule has 2 aromatic rings. The zero-order chi connectivity index (χ0) is 23.5. The zero-order valence-electron chi connectivity index (χ0n) is 19.8. The van der Waals surface area contributed by atoms with Gasteiger partial charge in [-0.15, -0.1) is 0 Å². The van der Waals surface area contributed by atoms with E-state index >= 15 is 0 Å². The van der Waals surface area contributed by atoms with E-state index in [1.165, 1.54) is 7.11 Å². The Morgan fingerprint density at radius 2 is 1.69 bits per heavy atom. The third-order valence-electron chi connectivity index (χ3n) is 5.39. The number of hydrogen-bond acceptors (Lipinski definition) is 6. The fourth-order valence-corrected chi connectivity index (χ4v) is 4.12. The second-order valence-electron chi connectivity index (χ2n) is 9.36. The molecule has 1 amide bonds. The van der Waals surface area contributed by atoms with Crippen LogP contribution in [-0.2, 0) is 9.47 Å². The summed E-state index contributed by atoms with van der Waals surface area (Å²) in [4.78, 5) is 31.2. The highest BCUT2D eigenvalue weighted by atomic mass is 16.6. The highest BCUT2D eigenvalue weighted by Crippen LogP contribution is 2.36. The number of methoxy groups -OCH3 is 1. The summed E-state index contributed by atoms with van der Waals surface area (Å²) < 4.78 is 10.4. The number of piperidine rings is 1. The number of aryl methyl sites for hydroxylation is 2. The predicted molar refractivity (Wildman–Crippen MR) is 125 cm³/mol. The molecule has 1 fully saturated rings. The molecule has 1 saturated heterocycles. The van der Waals surface area contributed by atoms with E-state index in [4.69, 9.17) is 9.47 Å². The van der Waals surface area contributed by atoms with Crippen LogP contribution in [0.15, 0.2) is 30.6 Å². The van der Waals surface area contributed by atoms with Crippen molar-refractivity contribution in [3.8, 4) is 11.1 Å². The molecule has 172 valence electrons. The number of benzene rings is 1. The van der Waals surface area contributed by atoms with Crippen LogP contribution in [0.25, 0.3) is 11.1 Å². The Morgan fingerprint density at radius 1 is 1.06 bits per heavy atom. The monoisotopic (exact) mass is 439 g/mol. The van der Waals surface area contributed by atoms with Gasteiger partial charge in [-0.2, -0.15) is 0 Å².